The van der Waals surface area contributed by atoms with Crippen molar-refractivity contribution in [2.75, 3.05) is 6.54 Å². The van der Waals surface area contributed by atoms with Gasteiger partial charge in [0.15, 0.2) is 0 Å². The zero-order valence-electron chi connectivity index (χ0n) is 9.59. The first kappa shape index (κ1) is 13.3. The van der Waals surface area contributed by atoms with Crippen molar-refractivity contribution in [1.29, 1.82) is 0 Å². The molecule has 2 N–H and O–H groups in total. The maximum absolute atomic E-state index is 11.8. The van der Waals surface area contributed by atoms with E-state index in [2.05, 4.69) is 21.2 Å². The predicted molar refractivity (Wildman–Crippen MR) is 70.0 cm³/mol. The highest BCUT2D eigenvalue weighted by atomic mass is 79.9. The topological polar surface area (TPSA) is 86.7 Å². The van der Waals surface area contributed by atoms with Crippen molar-refractivity contribution < 1.29 is 19.5 Å². The van der Waals surface area contributed by atoms with Gasteiger partial charge < -0.3 is 10.4 Å². The van der Waals surface area contributed by atoms with E-state index in [1.54, 1.807) is 18.2 Å². The number of hydrogen-bond acceptors (Lipinski definition) is 3. The number of hydrogen-bond donors (Lipinski definition) is 2. The minimum atomic E-state index is -1.24. The van der Waals surface area contributed by atoms with Crippen molar-refractivity contribution in [3.8, 4) is 0 Å². The number of nitrogens with zero attached hydrogens (tertiary/aromatic N) is 1. The number of amides is 3. The van der Waals surface area contributed by atoms with Gasteiger partial charge in [-0.3, -0.25) is 9.59 Å². The van der Waals surface area contributed by atoms with Gasteiger partial charge in [0.2, 0.25) is 0 Å². The number of carboxylic acids is 1. The zero-order chi connectivity index (χ0) is 14.0. The third-order valence-corrected chi connectivity index (χ3v) is 2.91. The molecule has 1 aliphatic rings. The van der Waals surface area contributed by atoms with Crippen molar-refractivity contribution in [3.63, 3.8) is 0 Å². The van der Waals surface area contributed by atoms with E-state index in [0.717, 1.165) is 10.0 Å². The second-order valence-electron chi connectivity index (χ2n) is 3.83. The van der Waals surface area contributed by atoms with E-state index >= 15 is 0 Å². The molecule has 1 heterocycles. The first-order valence-electron chi connectivity index (χ1n) is 5.29. The van der Waals surface area contributed by atoms with E-state index in [-0.39, 0.29) is 5.70 Å². The molecule has 0 aliphatic carbocycles. The van der Waals surface area contributed by atoms with Crippen LogP contribution in [0, 0.1) is 0 Å². The Kier molecular flexibility index (Phi) is 3.66. The van der Waals surface area contributed by atoms with Crippen molar-refractivity contribution in [2.24, 2.45) is 0 Å². The van der Waals surface area contributed by atoms with Gasteiger partial charge in [0.1, 0.15) is 12.2 Å². The Morgan fingerprint density at radius 3 is 2.79 bits per heavy atom. The van der Waals surface area contributed by atoms with Crippen LogP contribution in [0.25, 0.3) is 6.08 Å². The Bertz CT molecular complexity index is 597. The highest BCUT2D eigenvalue weighted by molar-refractivity contribution is 9.10. The molecule has 0 bridgehead atoms. The van der Waals surface area contributed by atoms with E-state index in [1.165, 1.54) is 6.08 Å². The molecule has 1 aromatic carbocycles. The molecule has 0 aromatic heterocycles. The number of urea groups is 1. The molecular formula is C12H9BrN2O4. The first-order valence-corrected chi connectivity index (χ1v) is 6.08. The average Bonchev–Trinajstić information content (AvgIpc) is 2.57. The molecule has 0 radical (unpaired) electrons. The molecule has 1 aliphatic heterocycles. The fourth-order valence-corrected chi connectivity index (χ4v) is 2.03. The highest BCUT2D eigenvalue weighted by Crippen LogP contribution is 2.17. The lowest BCUT2D eigenvalue weighted by Crippen LogP contribution is -2.35. The number of carbonyl (C=O) groups is 3. The molecule has 98 valence electrons. The van der Waals surface area contributed by atoms with Gasteiger partial charge in [0, 0.05) is 4.47 Å². The summed E-state index contributed by atoms with van der Waals surface area (Å²) >= 11 is 3.29. The normalized spacial score (nSPS) is 16.9. The second kappa shape index (κ2) is 5.23. The van der Waals surface area contributed by atoms with Crippen molar-refractivity contribution in [3.05, 3.63) is 40.0 Å². The van der Waals surface area contributed by atoms with Crippen LogP contribution in [0.5, 0.6) is 0 Å². The fourth-order valence-electron chi connectivity index (χ4n) is 1.61. The van der Waals surface area contributed by atoms with E-state index in [4.69, 9.17) is 5.11 Å². The van der Waals surface area contributed by atoms with Gasteiger partial charge in [-0.25, -0.2) is 9.69 Å². The summed E-state index contributed by atoms with van der Waals surface area (Å²) in [5.41, 5.74) is 0.777. The third kappa shape index (κ3) is 3.00. The van der Waals surface area contributed by atoms with Crippen LogP contribution in [0.1, 0.15) is 5.56 Å². The summed E-state index contributed by atoms with van der Waals surface area (Å²) in [6.45, 7) is -0.652. The molecule has 0 unspecified atom stereocenters. The molecule has 0 saturated carbocycles. The monoisotopic (exact) mass is 324 g/mol. The number of carbonyl (C=O) groups excluding carboxylic acids is 2. The van der Waals surface area contributed by atoms with Crippen LogP contribution in [0.15, 0.2) is 34.4 Å². The first-order chi connectivity index (χ1) is 8.97. The number of rotatable bonds is 3. The maximum atomic E-state index is 11.8. The summed E-state index contributed by atoms with van der Waals surface area (Å²) < 4.78 is 0.834. The lowest BCUT2D eigenvalue weighted by molar-refractivity contribution is -0.140. The summed E-state index contributed by atoms with van der Waals surface area (Å²) in [5.74, 6) is -1.89. The quantitative estimate of drug-likeness (QED) is 0.650. The van der Waals surface area contributed by atoms with E-state index in [1.807, 2.05) is 6.07 Å². The standard InChI is InChI=1S/C12H9BrN2O4/c13-8-3-1-2-7(4-8)5-9-11(18)15(6-10(16)17)12(19)14-9/h1-5H,6H2,(H,14,19)(H,16,17)/b9-5-. The number of halogens is 1. The molecular weight excluding hydrogens is 316 g/mol. The summed E-state index contributed by atoms with van der Waals surface area (Å²) in [6, 6.07) is 6.41. The van der Waals surface area contributed by atoms with E-state index < -0.39 is 24.5 Å². The highest BCUT2D eigenvalue weighted by Gasteiger charge is 2.34. The second-order valence-corrected chi connectivity index (χ2v) is 4.74. The lowest BCUT2D eigenvalue weighted by Gasteiger charge is -2.06. The van der Waals surface area contributed by atoms with Crippen LogP contribution in [-0.2, 0) is 9.59 Å². The zero-order valence-corrected chi connectivity index (χ0v) is 11.2. The minimum absolute atomic E-state index is 0.0596. The van der Waals surface area contributed by atoms with Crippen LogP contribution in [0.4, 0.5) is 4.79 Å². The maximum Gasteiger partial charge on any atom is 0.329 e. The number of imide groups is 1. The van der Waals surface area contributed by atoms with E-state index in [0.29, 0.717) is 4.90 Å². The average molecular weight is 325 g/mol. The Morgan fingerprint density at radius 2 is 2.16 bits per heavy atom. The summed E-state index contributed by atoms with van der Waals surface area (Å²) in [5, 5.41) is 11.0. The van der Waals surface area contributed by atoms with Crippen LogP contribution in [-0.4, -0.2) is 34.5 Å². The smallest absolute Gasteiger partial charge is 0.329 e. The lowest BCUT2D eigenvalue weighted by atomic mass is 10.2. The van der Waals surface area contributed by atoms with Crippen molar-refractivity contribution in [1.82, 2.24) is 10.2 Å². The molecule has 1 fully saturated rings. The van der Waals surface area contributed by atoms with Gasteiger partial charge in [-0.05, 0) is 23.8 Å². The minimum Gasteiger partial charge on any atom is -0.480 e. The SMILES string of the molecule is O=C(O)CN1C(=O)N/C(=C\c2cccc(Br)c2)C1=O. The van der Waals surface area contributed by atoms with E-state index in [9.17, 15) is 14.4 Å². The van der Waals surface area contributed by atoms with Crippen molar-refractivity contribution in [2.45, 2.75) is 0 Å². The number of nitrogens with one attached hydrogen (secondary N) is 1. The largest absolute Gasteiger partial charge is 0.480 e. The molecule has 19 heavy (non-hydrogen) atoms. The van der Waals surface area contributed by atoms with Gasteiger partial charge in [0.25, 0.3) is 5.91 Å². The number of benzene rings is 1. The van der Waals surface area contributed by atoms with Crippen molar-refractivity contribution >= 4 is 39.9 Å². The predicted octanol–water partition coefficient (Wildman–Crippen LogP) is 1.43. The Morgan fingerprint density at radius 1 is 1.42 bits per heavy atom. The molecule has 6 nitrogen and oxygen atoms in total. The molecule has 2 rings (SSSR count). The number of carboxylic acid groups (broad SMARTS) is 1. The molecule has 0 atom stereocenters. The Hall–Kier alpha value is -2.15. The molecule has 3 amide bonds. The molecule has 1 saturated heterocycles. The van der Waals surface area contributed by atoms with Gasteiger partial charge in [0.05, 0.1) is 0 Å². The third-order valence-electron chi connectivity index (χ3n) is 2.42. The number of aliphatic carboxylic acids is 1. The van der Waals surface area contributed by atoms with Crippen LogP contribution in [0.3, 0.4) is 0 Å². The summed E-state index contributed by atoms with van der Waals surface area (Å²) in [6.07, 6.45) is 1.49. The van der Waals surface area contributed by atoms with Crippen LogP contribution in [0.2, 0.25) is 0 Å². The Labute approximate surface area is 116 Å². The van der Waals surface area contributed by atoms with Gasteiger partial charge in [-0.2, -0.15) is 0 Å². The molecule has 0 spiro atoms. The van der Waals surface area contributed by atoms with Gasteiger partial charge >= 0.3 is 12.0 Å². The molecule has 1 aromatic rings. The van der Waals surface area contributed by atoms with Crippen LogP contribution >= 0.6 is 15.9 Å². The fraction of sp³-hybridized carbons (Fsp3) is 0.0833. The Balaban J connectivity index is 2.25. The van der Waals surface area contributed by atoms with Gasteiger partial charge in [-0.15, -0.1) is 0 Å². The van der Waals surface area contributed by atoms with Gasteiger partial charge in [-0.1, -0.05) is 28.1 Å². The van der Waals surface area contributed by atoms with Crippen LogP contribution < -0.4 is 5.32 Å². The molecule has 7 heteroatoms. The summed E-state index contributed by atoms with van der Waals surface area (Å²) in [7, 11) is 0. The summed E-state index contributed by atoms with van der Waals surface area (Å²) in [4.78, 5) is 34.5.